The van der Waals surface area contributed by atoms with Crippen LogP contribution in [-0.2, 0) is 0 Å². The molecule has 1 aliphatic rings. The second kappa shape index (κ2) is 4.42. The van der Waals surface area contributed by atoms with Crippen LogP contribution in [0.5, 0.6) is 0 Å². The summed E-state index contributed by atoms with van der Waals surface area (Å²) in [5.41, 5.74) is 0. The van der Waals surface area contributed by atoms with Crippen molar-refractivity contribution in [3.8, 4) is 0 Å². The van der Waals surface area contributed by atoms with Gasteiger partial charge in [0, 0.05) is 5.25 Å². The van der Waals surface area contributed by atoms with Crippen molar-refractivity contribution in [1.29, 1.82) is 0 Å². The average Bonchev–Trinajstić information content (AvgIpc) is 2.53. The van der Waals surface area contributed by atoms with Gasteiger partial charge in [0.2, 0.25) is 0 Å². The Hall–Kier alpha value is -0.0900. The first-order valence-electron chi connectivity index (χ1n) is 4.81. The maximum absolute atomic E-state index is 4.38. The molecule has 1 fully saturated rings. The van der Waals surface area contributed by atoms with Gasteiger partial charge >= 0.3 is 0 Å². The first-order valence-corrected chi connectivity index (χ1v) is 6.47. The van der Waals surface area contributed by atoms with E-state index < -0.39 is 0 Å². The SMILES string of the molecule is Cc1nsc(SC2CCCCC2)n1. The third-order valence-electron chi connectivity index (χ3n) is 2.33. The molecule has 4 heteroatoms. The van der Waals surface area contributed by atoms with E-state index in [1.54, 1.807) is 11.5 Å². The molecule has 13 heavy (non-hydrogen) atoms. The molecule has 0 atom stereocenters. The average molecular weight is 214 g/mol. The minimum absolute atomic E-state index is 0.807. The van der Waals surface area contributed by atoms with Crippen molar-refractivity contribution in [3.63, 3.8) is 0 Å². The lowest BCUT2D eigenvalue weighted by Gasteiger charge is -2.19. The highest BCUT2D eigenvalue weighted by Gasteiger charge is 2.16. The zero-order chi connectivity index (χ0) is 9.10. The van der Waals surface area contributed by atoms with Crippen LogP contribution in [0, 0.1) is 6.92 Å². The molecule has 1 aromatic rings. The van der Waals surface area contributed by atoms with E-state index in [2.05, 4.69) is 9.36 Å². The van der Waals surface area contributed by atoms with Gasteiger partial charge in [0.1, 0.15) is 5.82 Å². The normalized spacial score (nSPS) is 19.2. The second-order valence-corrected chi connectivity index (χ2v) is 5.78. The molecule has 0 radical (unpaired) electrons. The Kier molecular flexibility index (Phi) is 3.22. The molecule has 0 N–H and O–H groups in total. The van der Waals surface area contributed by atoms with Crippen LogP contribution in [0.25, 0.3) is 0 Å². The zero-order valence-corrected chi connectivity index (χ0v) is 9.46. The molecule has 0 bridgehead atoms. The van der Waals surface area contributed by atoms with Gasteiger partial charge in [0.25, 0.3) is 0 Å². The lowest BCUT2D eigenvalue weighted by Crippen LogP contribution is -2.07. The monoisotopic (exact) mass is 214 g/mol. The van der Waals surface area contributed by atoms with Gasteiger partial charge in [-0.3, -0.25) is 0 Å². The Morgan fingerprint density at radius 2 is 2.08 bits per heavy atom. The summed E-state index contributed by atoms with van der Waals surface area (Å²) in [6, 6.07) is 0. The highest BCUT2D eigenvalue weighted by Crippen LogP contribution is 2.34. The van der Waals surface area contributed by atoms with E-state index in [9.17, 15) is 0 Å². The maximum Gasteiger partial charge on any atom is 0.170 e. The smallest absolute Gasteiger partial charge is 0.170 e. The van der Waals surface area contributed by atoms with Crippen molar-refractivity contribution in [3.05, 3.63) is 5.82 Å². The molecule has 0 spiro atoms. The predicted molar refractivity (Wildman–Crippen MR) is 57.4 cm³/mol. The molecule has 0 saturated heterocycles. The van der Waals surface area contributed by atoms with Gasteiger partial charge in [0.05, 0.1) is 0 Å². The Morgan fingerprint density at radius 1 is 1.31 bits per heavy atom. The standard InChI is InChI=1S/C9H14N2S2/c1-7-10-9(13-11-7)12-8-5-3-2-4-6-8/h8H,2-6H2,1H3. The van der Waals surface area contributed by atoms with Gasteiger partial charge in [-0.15, -0.1) is 0 Å². The van der Waals surface area contributed by atoms with Crippen molar-refractivity contribution in [2.75, 3.05) is 0 Å². The first kappa shape index (κ1) is 9.46. The number of aromatic nitrogens is 2. The summed E-state index contributed by atoms with van der Waals surface area (Å²) < 4.78 is 5.35. The first-order chi connectivity index (χ1) is 6.34. The summed E-state index contributed by atoms with van der Waals surface area (Å²) in [5.74, 6) is 0.920. The van der Waals surface area contributed by atoms with E-state index in [0.717, 1.165) is 15.4 Å². The van der Waals surface area contributed by atoms with E-state index in [0.29, 0.717) is 0 Å². The van der Waals surface area contributed by atoms with E-state index in [-0.39, 0.29) is 0 Å². The summed E-state index contributed by atoms with van der Waals surface area (Å²) in [7, 11) is 0. The van der Waals surface area contributed by atoms with Gasteiger partial charge < -0.3 is 0 Å². The van der Waals surface area contributed by atoms with E-state index in [1.165, 1.54) is 32.1 Å². The van der Waals surface area contributed by atoms with Crippen molar-refractivity contribution < 1.29 is 0 Å². The largest absolute Gasteiger partial charge is 0.213 e. The fraction of sp³-hybridized carbons (Fsp3) is 0.778. The quantitative estimate of drug-likeness (QED) is 0.755. The van der Waals surface area contributed by atoms with Crippen molar-refractivity contribution in [2.24, 2.45) is 0 Å². The Balaban J connectivity index is 1.89. The van der Waals surface area contributed by atoms with Crippen molar-refractivity contribution in [1.82, 2.24) is 9.36 Å². The number of aryl methyl sites for hydroxylation is 1. The van der Waals surface area contributed by atoms with Crippen LogP contribution >= 0.6 is 23.3 Å². The van der Waals surface area contributed by atoms with Gasteiger partial charge in [-0.2, -0.15) is 4.37 Å². The third-order valence-corrected chi connectivity index (χ3v) is 4.54. The predicted octanol–water partition coefficient (Wildman–Crippen LogP) is 3.27. The van der Waals surface area contributed by atoms with Crippen LogP contribution in [-0.4, -0.2) is 14.6 Å². The lowest BCUT2D eigenvalue weighted by atomic mass is 10.0. The summed E-state index contributed by atoms with van der Waals surface area (Å²) in [4.78, 5) is 4.38. The molecule has 0 aromatic carbocycles. The Bertz CT molecular complexity index is 266. The van der Waals surface area contributed by atoms with E-state index in [4.69, 9.17) is 0 Å². The molecule has 1 aliphatic carbocycles. The summed E-state index contributed by atoms with van der Waals surface area (Å²) in [6.45, 7) is 1.96. The molecule has 1 aromatic heterocycles. The maximum atomic E-state index is 4.38. The molecular weight excluding hydrogens is 200 g/mol. The van der Waals surface area contributed by atoms with Crippen molar-refractivity contribution >= 4 is 23.3 Å². The minimum Gasteiger partial charge on any atom is -0.213 e. The Morgan fingerprint density at radius 3 is 2.69 bits per heavy atom. The highest BCUT2D eigenvalue weighted by molar-refractivity contribution is 8.01. The molecule has 2 rings (SSSR count). The van der Waals surface area contributed by atoms with Gasteiger partial charge in [0.15, 0.2) is 4.34 Å². The summed E-state index contributed by atoms with van der Waals surface area (Å²) >= 11 is 3.48. The molecule has 0 aliphatic heterocycles. The van der Waals surface area contributed by atoms with Crippen molar-refractivity contribution in [2.45, 2.75) is 48.6 Å². The fourth-order valence-corrected chi connectivity index (χ4v) is 3.81. The third kappa shape index (κ3) is 2.68. The minimum atomic E-state index is 0.807. The van der Waals surface area contributed by atoms with Gasteiger partial charge in [-0.05, 0) is 31.3 Å². The van der Waals surface area contributed by atoms with Crippen LogP contribution in [0.1, 0.15) is 37.9 Å². The van der Waals surface area contributed by atoms with Crippen LogP contribution in [0.4, 0.5) is 0 Å². The second-order valence-electron chi connectivity index (χ2n) is 3.49. The zero-order valence-electron chi connectivity index (χ0n) is 7.82. The summed E-state index contributed by atoms with van der Waals surface area (Å²) in [5, 5.41) is 0.807. The molecule has 0 unspecified atom stereocenters. The van der Waals surface area contributed by atoms with Crippen LogP contribution in [0.3, 0.4) is 0 Å². The van der Waals surface area contributed by atoms with Crippen LogP contribution in [0.2, 0.25) is 0 Å². The number of rotatable bonds is 2. The number of thioether (sulfide) groups is 1. The van der Waals surface area contributed by atoms with Gasteiger partial charge in [-0.25, -0.2) is 4.98 Å². The van der Waals surface area contributed by atoms with Crippen LogP contribution < -0.4 is 0 Å². The number of hydrogen-bond donors (Lipinski definition) is 0. The lowest BCUT2D eigenvalue weighted by molar-refractivity contribution is 0.516. The topological polar surface area (TPSA) is 25.8 Å². The molecular formula is C9H14N2S2. The molecule has 72 valence electrons. The molecule has 2 nitrogen and oxygen atoms in total. The number of hydrogen-bond acceptors (Lipinski definition) is 4. The highest BCUT2D eigenvalue weighted by atomic mass is 32.2. The van der Waals surface area contributed by atoms with Crippen LogP contribution in [0.15, 0.2) is 4.34 Å². The van der Waals surface area contributed by atoms with E-state index in [1.807, 2.05) is 18.7 Å². The summed E-state index contributed by atoms with van der Waals surface area (Å²) in [6.07, 6.45) is 6.95. The molecule has 1 saturated carbocycles. The molecule has 1 heterocycles. The van der Waals surface area contributed by atoms with Gasteiger partial charge in [-0.1, -0.05) is 31.0 Å². The number of nitrogens with zero attached hydrogens (tertiary/aromatic N) is 2. The Labute approximate surface area is 87.3 Å². The van der Waals surface area contributed by atoms with E-state index >= 15 is 0 Å². The molecule has 0 amide bonds. The fourth-order valence-electron chi connectivity index (χ4n) is 1.65.